The van der Waals surface area contributed by atoms with Gasteiger partial charge < -0.3 is 15.2 Å². The summed E-state index contributed by atoms with van der Waals surface area (Å²) in [4.78, 5) is 24.9. The molecule has 0 aliphatic carbocycles. The van der Waals surface area contributed by atoms with Crippen LogP contribution in [0.1, 0.15) is 44.7 Å². The number of anilines is 1. The maximum absolute atomic E-state index is 12.5. The summed E-state index contributed by atoms with van der Waals surface area (Å²) in [6.07, 6.45) is 1.52. The Morgan fingerprint density at radius 1 is 1.12 bits per heavy atom. The number of nitrogens with one attached hydrogen (secondary N) is 2. The van der Waals surface area contributed by atoms with Crippen LogP contribution in [0.5, 0.6) is 0 Å². The number of amides is 2. The van der Waals surface area contributed by atoms with Crippen molar-refractivity contribution < 1.29 is 14.1 Å². The van der Waals surface area contributed by atoms with Crippen molar-refractivity contribution >= 4 is 17.5 Å². The lowest BCUT2D eigenvalue weighted by Crippen LogP contribution is -2.52. The van der Waals surface area contributed by atoms with Gasteiger partial charge >= 0.3 is 0 Å². The van der Waals surface area contributed by atoms with Crippen molar-refractivity contribution in [2.45, 2.75) is 52.5 Å². The van der Waals surface area contributed by atoms with E-state index in [2.05, 4.69) is 15.8 Å². The Bertz CT molecular complexity index is 714. The largest absolute Gasteiger partial charge is 0.361 e. The number of nitrogens with zero attached hydrogens (tertiary/aromatic N) is 1. The summed E-state index contributed by atoms with van der Waals surface area (Å²) in [5.41, 5.74) is 1.26. The van der Waals surface area contributed by atoms with E-state index < -0.39 is 5.54 Å². The Kier molecular flexibility index (Phi) is 5.96. The fourth-order valence-corrected chi connectivity index (χ4v) is 2.56. The highest BCUT2D eigenvalue weighted by Crippen LogP contribution is 2.17. The molecule has 0 aliphatic heterocycles. The van der Waals surface area contributed by atoms with E-state index in [-0.39, 0.29) is 18.2 Å². The SMILES string of the molecule is CCc1noc(CC)c1CC(=O)NC(C)(C)C(=O)Nc1ccccc1. The molecule has 0 bridgehead atoms. The van der Waals surface area contributed by atoms with Gasteiger partial charge in [0.05, 0.1) is 12.1 Å². The Morgan fingerprint density at radius 3 is 2.40 bits per heavy atom. The Balaban J connectivity index is 2.03. The molecule has 0 saturated heterocycles. The summed E-state index contributed by atoms with van der Waals surface area (Å²) in [5, 5.41) is 9.62. The van der Waals surface area contributed by atoms with Gasteiger partial charge in [-0.25, -0.2) is 0 Å². The van der Waals surface area contributed by atoms with E-state index in [1.807, 2.05) is 32.0 Å². The third-order valence-corrected chi connectivity index (χ3v) is 4.00. The molecule has 0 fully saturated rings. The summed E-state index contributed by atoms with van der Waals surface area (Å²) in [7, 11) is 0. The number of para-hydroxylation sites is 1. The fourth-order valence-electron chi connectivity index (χ4n) is 2.56. The molecule has 2 N–H and O–H groups in total. The van der Waals surface area contributed by atoms with Gasteiger partial charge in [0.2, 0.25) is 11.8 Å². The van der Waals surface area contributed by atoms with E-state index in [4.69, 9.17) is 4.52 Å². The van der Waals surface area contributed by atoms with E-state index in [0.717, 1.165) is 17.0 Å². The number of benzene rings is 1. The number of aromatic nitrogens is 1. The molecule has 1 aromatic carbocycles. The first kappa shape index (κ1) is 18.7. The van der Waals surface area contributed by atoms with Crippen molar-refractivity contribution in [2.75, 3.05) is 5.32 Å². The van der Waals surface area contributed by atoms with Gasteiger partial charge in [-0.3, -0.25) is 9.59 Å². The Morgan fingerprint density at radius 2 is 1.80 bits per heavy atom. The van der Waals surface area contributed by atoms with Gasteiger partial charge in [0.15, 0.2) is 0 Å². The average Bonchev–Trinajstić information content (AvgIpc) is 2.96. The summed E-state index contributed by atoms with van der Waals surface area (Å²) < 4.78 is 5.28. The predicted molar refractivity (Wildman–Crippen MR) is 96.3 cm³/mol. The zero-order valence-corrected chi connectivity index (χ0v) is 15.2. The van der Waals surface area contributed by atoms with Crippen LogP contribution in [0.4, 0.5) is 5.69 Å². The summed E-state index contributed by atoms with van der Waals surface area (Å²) in [6.45, 7) is 7.28. The Hall–Kier alpha value is -2.63. The first-order chi connectivity index (χ1) is 11.9. The van der Waals surface area contributed by atoms with Crippen LogP contribution in [-0.2, 0) is 28.9 Å². The second-order valence-electron chi connectivity index (χ2n) is 6.41. The third-order valence-electron chi connectivity index (χ3n) is 4.00. The van der Waals surface area contributed by atoms with E-state index in [0.29, 0.717) is 18.5 Å². The van der Waals surface area contributed by atoms with Crippen LogP contribution in [0.2, 0.25) is 0 Å². The number of aryl methyl sites for hydroxylation is 2. The van der Waals surface area contributed by atoms with E-state index in [9.17, 15) is 9.59 Å². The van der Waals surface area contributed by atoms with Crippen molar-refractivity contribution in [3.05, 3.63) is 47.3 Å². The maximum Gasteiger partial charge on any atom is 0.249 e. The number of carbonyl (C=O) groups excluding carboxylic acids is 2. The molecule has 2 rings (SSSR count). The van der Waals surface area contributed by atoms with Gasteiger partial charge in [0, 0.05) is 17.7 Å². The molecule has 1 aromatic heterocycles. The van der Waals surface area contributed by atoms with Crippen molar-refractivity contribution in [1.29, 1.82) is 0 Å². The van der Waals surface area contributed by atoms with Crippen LogP contribution < -0.4 is 10.6 Å². The summed E-state index contributed by atoms with van der Waals surface area (Å²) in [6, 6.07) is 9.15. The van der Waals surface area contributed by atoms with E-state index in [1.165, 1.54) is 0 Å². The monoisotopic (exact) mass is 343 g/mol. The molecule has 0 atom stereocenters. The second-order valence-corrected chi connectivity index (χ2v) is 6.41. The quantitative estimate of drug-likeness (QED) is 0.809. The molecule has 134 valence electrons. The van der Waals surface area contributed by atoms with Gasteiger partial charge in [-0.15, -0.1) is 0 Å². The van der Waals surface area contributed by atoms with Gasteiger partial charge in [0.25, 0.3) is 0 Å². The molecule has 1 heterocycles. The van der Waals surface area contributed by atoms with E-state index in [1.54, 1.807) is 26.0 Å². The molecular weight excluding hydrogens is 318 g/mol. The van der Waals surface area contributed by atoms with Gasteiger partial charge in [-0.1, -0.05) is 37.2 Å². The van der Waals surface area contributed by atoms with Crippen LogP contribution in [0.3, 0.4) is 0 Å². The smallest absolute Gasteiger partial charge is 0.249 e. The highest BCUT2D eigenvalue weighted by molar-refractivity contribution is 6.00. The topological polar surface area (TPSA) is 84.2 Å². The highest BCUT2D eigenvalue weighted by atomic mass is 16.5. The standard InChI is InChI=1S/C19H25N3O3/c1-5-15-14(16(6-2)25-22-15)12-17(23)21-19(3,4)18(24)20-13-10-8-7-9-11-13/h7-11H,5-6,12H2,1-4H3,(H,20,24)(H,21,23). The number of carbonyl (C=O) groups is 2. The molecular formula is C19H25N3O3. The minimum atomic E-state index is -1.04. The van der Waals surface area contributed by atoms with Gasteiger partial charge in [0.1, 0.15) is 11.3 Å². The van der Waals surface area contributed by atoms with Crippen LogP contribution in [0, 0.1) is 0 Å². The van der Waals surface area contributed by atoms with Crippen LogP contribution in [-0.4, -0.2) is 22.5 Å². The van der Waals surface area contributed by atoms with E-state index >= 15 is 0 Å². The second kappa shape index (κ2) is 7.96. The zero-order chi connectivity index (χ0) is 18.4. The first-order valence-corrected chi connectivity index (χ1v) is 8.51. The van der Waals surface area contributed by atoms with Crippen molar-refractivity contribution in [3.63, 3.8) is 0 Å². The molecule has 2 amide bonds. The normalized spacial score (nSPS) is 11.2. The number of hydrogen-bond acceptors (Lipinski definition) is 4. The van der Waals surface area contributed by atoms with Crippen LogP contribution >= 0.6 is 0 Å². The third kappa shape index (κ3) is 4.68. The van der Waals surface area contributed by atoms with Crippen molar-refractivity contribution in [3.8, 4) is 0 Å². The lowest BCUT2D eigenvalue weighted by atomic mass is 10.0. The molecule has 2 aromatic rings. The molecule has 0 spiro atoms. The Labute approximate surface area is 148 Å². The number of rotatable bonds is 7. The van der Waals surface area contributed by atoms with Crippen molar-refractivity contribution in [1.82, 2.24) is 10.5 Å². The lowest BCUT2D eigenvalue weighted by Gasteiger charge is -2.25. The van der Waals surface area contributed by atoms with Crippen LogP contribution in [0.15, 0.2) is 34.9 Å². The molecule has 25 heavy (non-hydrogen) atoms. The number of hydrogen-bond donors (Lipinski definition) is 2. The maximum atomic E-state index is 12.5. The molecule has 0 unspecified atom stereocenters. The summed E-state index contributed by atoms with van der Waals surface area (Å²) >= 11 is 0. The minimum absolute atomic E-state index is 0.151. The molecule has 0 aliphatic rings. The first-order valence-electron chi connectivity index (χ1n) is 8.51. The minimum Gasteiger partial charge on any atom is -0.361 e. The molecule has 6 heteroatoms. The van der Waals surface area contributed by atoms with Crippen molar-refractivity contribution in [2.24, 2.45) is 0 Å². The van der Waals surface area contributed by atoms with Gasteiger partial charge in [-0.05, 0) is 32.4 Å². The average molecular weight is 343 g/mol. The lowest BCUT2D eigenvalue weighted by molar-refractivity contribution is -0.129. The van der Waals surface area contributed by atoms with Gasteiger partial charge in [-0.2, -0.15) is 0 Å². The summed E-state index contributed by atoms with van der Waals surface area (Å²) in [5.74, 6) is 0.211. The fraction of sp³-hybridized carbons (Fsp3) is 0.421. The highest BCUT2D eigenvalue weighted by Gasteiger charge is 2.30. The van der Waals surface area contributed by atoms with Crippen LogP contribution in [0.25, 0.3) is 0 Å². The molecule has 6 nitrogen and oxygen atoms in total. The molecule has 0 radical (unpaired) electrons. The molecule has 0 saturated carbocycles. The predicted octanol–water partition coefficient (Wildman–Crippen LogP) is 2.88. The zero-order valence-electron chi connectivity index (χ0n) is 15.2.